The molecule has 1 N–H and O–H groups in total. The highest BCUT2D eigenvalue weighted by molar-refractivity contribution is 5.85. The molecule has 1 amide bonds. The normalized spacial score (nSPS) is 17.9. The fraction of sp³-hybridized carbons (Fsp3) is 0.462. The molecule has 1 heterocycles. The maximum atomic E-state index is 13.5. The van der Waals surface area contributed by atoms with Crippen LogP contribution in [0, 0.1) is 17.6 Å². The van der Waals surface area contributed by atoms with Crippen molar-refractivity contribution in [3.8, 4) is 0 Å². The summed E-state index contributed by atoms with van der Waals surface area (Å²) in [4.78, 5) is 13.5. The first kappa shape index (κ1) is 15.9. The van der Waals surface area contributed by atoms with E-state index in [1.807, 2.05) is 0 Å². The fourth-order valence-corrected chi connectivity index (χ4v) is 2.16. The first-order valence-electron chi connectivity index (χ1n) is 5.97. The molecule has 1 atom stereocenters. The van der Waals surface area contributed by atoms with Gasteiger partial charge in [0.25, 0.3) is 0 Å². The van der Waals surface area contributed by atoms with Gasteiger partial charge in [0.2, 0.25) is 5.91 Å². The summed E-state index contributed by atoms with van der Waals surface area (Å²) in [6, 6.07) is 3.42. The first-order valence-corrected chi connectivity index (χ1v) is 5.97. The van der Waals surface area contributed by atoms with Gasteiger partial charge in [0, 0.05) is 31.8 Å². The molecule has 3 nitrogen and oxygen atoms in total. The molecule has 0 aromatic heterocycles. The molecule has 1 aromatic rings. The molecule has 106 valence electrons. The van der Waals surface area contributed by atoms with E-state index >= 15 is 0 Å². The Hall–Kier alpha value is -1.20. The second-order valence-electron chi connectivity index (χ2n) is 4.62. The summed E-state index contributed by atoms with van der Waals surface area (Å²) in [7, 11) is 1.64. The van der Waals surface area contributed by atoms with Crippen LogP contribution in [0.4, 0.5) is 8.78 Å². The molecular formula is C13H17ClF2N2O. The molecule has 2 rings (SSSR count). The van der Waals surface area contributed by atoms with Gasteiger partial charge in [-0.3, -0.25) is 4.79 Å². The van der Waals surface area contributed by atoms with E-state index in [4.69, 9.17) is 0 Å². The maximum absolute atomic E-state index is 13.5. The first-order chi connectivity index (χ1) is 8.58. The van der Waals surface area contributed by atoms with Crippen molar-refractivity contribution in [2.45, 2.75) is 13.0 Å². The van der Waals surface area contributed by atoms with Crippen molar-refractivity contribution in [3.63, 3.8) is 0 Å². The third-order valence-corrected chi connectivity index (χ3v) is 3.21. The van der Waals surface area contributed by atoms with Crippen LogP contribution in [-0.4, -0.2) is 30.9 Å². The van der Waals surface area contributed by atoms with Crippen LogP contribution in [0.15, 0.2) is 18.2 Å². The highest BCUT2D eigenvalue weighted by Gasteiger charge is 2.25. The molecule has 0 radical (unpaired) electrons. The van der Waals surface area contributed by atoms with Crippen LogP contribution in [0.5, 0.6) is 0 Å². The van der Waals surface area contributed by atoms with E-state index in [9.17, 15) is 13.6 Å². The summed E-state index contributed by atoms with van der Waals surface area (Å²) in [5, 5.41) is 3.12. The van der Waals surface area contributed by atoms with E-state index in [-0.39, 0.29) is 30.8 Å². The largest absolute Gasteiger partial charge is 0.341 e. The monoisotopic (exact) mass is 290 g/mol. The van der Waals surface area contributed by atoms with Crippen LogP contribution in [0.2, 0.25) is 0 Å². The van der Waals surface area contributed by atoms with Gasteiger partial charge in [-0.05, 0) is 19.0 Å². The van der Waals surface area contributed by atoms with E-state index in [2.05, 4.69) is 5.32 Å². The quantitative estimate of drug-likeness (QED) is 0.923. The third-order valence-electron chi connectivity index (χ3n) is 3.21. The number of amides is 1. The third kappa shape index (κ3) is 3.88. The Morgan fingerprint density at radius 3 is 2.79 bits per heavy atom. The molecule has 1 saturated heterocycles. The molecule has 1 fully saturated rings. The van der Waals surface area contributed by atoms with Gasteiger partial charge in [-0.2, -0.15) is 0 Å². The van der Waals surface area contributed by atoms with Gasteiger partial charge in [-0.25, -0.2) is 8.78 Å². The van der Waals surface area contributed by atoms with Crippen LogP contribution in [-0.2, 0) is 11.3 Å². The van der Waals surface area contributed by atoms with Crippen LogP contribution in [0.25, 0.3) is 0 Å². The zero-order valence-electron chi connectivity index (χ0n) is 10.7. The van der Waals surface area contributed by atoms with Crippen molar-refractivity contribution < 1.29 is 13.6 Å². The Morgan fingerprint density at radius 2 is 2.21 bits per heavy atom. The highest BCUT2D eigenvalue weighted by atomic mass is 35.5. The molecule has 0 bridgehead atoms. The summed E-state index contributed by atoms with van der Waals surface area (Å²) in [5.41, 5.74) is 0.332. The van der Waals surface area contributed by atoms with Gasteiger partial charge in [-0.15, -0.1) is 12.4 Å². The number of carbonyl (C=O) groups is 1. The van der Waals surface area contributed by atoms with E-state index in [1.54, 1.807) is 7.05 Å². The van der Waals surface area contributed by atoms with Crippen LogP contribution >= 0.6 is 12.4 Å². The average Bonchev–Trinajstić information content (AvgIpc) is 2.85. The Balaban J connectivity index is 0.00000180. The number of halogens is 3. The lowest BCUT2D eigenvalue weighted by atomic mass is 10.1. The van der Waals surface area contributed by atoms with Gasteiger partial charge < -0.3 is 10.2 Å². The minimum absolute atomic E-state index is 0. The number of carbonyl (C=O) groups excluding carboxylic acids is 1. The second kappa shape index (κ2) is 6.82. The van der Waals surface area contributed by atoms with Gasteiger partial charge in [0.1, 0.15) is 11.6 Å². The van der Waals surface area contributed by atoms with Gasteiger partial charge in [0.15, 0.2) is 0 Å². The second-order valence-corrected chi connectivity index (χ2v) is 4.62. The summed E-state index contributed by atoms with van der Waals surface area (Å²) >= 11 is 0. The standard InChI is InChI=1S/C13H16F2N2O.ClH/c1-17(13(18)9-4-5-16-7-9)8-10-2-3-11(14)6-12(10)15;/h2-3,6,9,16H,4-5,7-8H2,1H3;1H. The Bertz CT molecular complexity index is 450. The zero-order valence-corrected chi connectivity index (χ0v) is 11.5. The van der Waals surface area contributed by atoms with E-state index in [0.717, 1.165) is 19.0 Å². The molecular weight excluding hydrogens is 274 g/mol. The minimum Gasteiger partial charge on any atom is -0.341 e. The minimum atomic E-state index is -0.612. The highest BCUT2D eigenvalue weighted by Crippen LogP contribution is 2.15. The Kier molecular flexibility index (Phi) is 5.69. The molecule has 1 aromatic carbocycles. The van der Waals surface area contributed by atoms with E-state index < -0.39 is 11.6 Å². The number of nitrogens with one attached hydrogen (secondary N) is 1. The summed E-state index contributed by atoms with van der Waals surface area (Å²) in [6.45, 7) is 1.69. The van der Waals surface area contributed by atoms with Crippen molar-refractivity contribution in [2.24, 2.45) is 5.92 Å². The molecule has 1 unspecified atom stereocenters. The van der Waals surface area contributed by atoms with E-state index in [1.165, 1.54) is 17.0 Å². The zero-order chi connectivity index (χ0) is 13.1. The molecule has 0 aliphatic carbocycles. The predicted octanol–water partition coefficient (Wildman–Crippen LogP) is 1.95. The van der Waals surface area contributed by atoms with Crippen molar-refractivity contribution in [2.75, 3.05) is 20.1 Å². The molecule has 1 aliphatic rings. The number of hydrogen-bond donors (Lipinski definition) is 1. The predicted molar refractivity (Wildman–Crippen MR) is 71.1 cm³/mol. The van der Waals surface area contributed by atoms with Crippen LogP contribution in [0.3, 0.4) is 0 Å². The molecule has 1 aliphatic heterocycles. The summed E-state index contributed by atoms with van der Waals surface area (Å²) in [5.74, 6) is -1.24. The van der Waals surface area contributed by atoms with E-state index in [0.29, 0.717) is 12.1 Å². The molecule has 0 saturated carbocycles. The van der Waals surface area contributed by atoms with Crippen molar-refractivity contribution >= 4 is 18.3 Å². The average molecular weight is 291 g/mol. The SMILES string of the molecule is CN(Cc1ccc(F)cc1F)C(=O)C1CCNC1.Cl. The summed E-state index contributed by atoms with van der Waals surface area (Å²) in [6.07, 6.45) is 0.815. The molecule has 6 heteroatoms. The topological polar surface area (TPSA) is 32.3 Å². The lowest BCUT2D eigenvalue weighted by molar-refractivity contribution is -0.134. The van der Waals surface area contributed by atoms with Crippen LogP contribution < -0.4 is 5.32 Å². The maximum Gasteiger partial charge on any atom is 0.227 e. The molecule has 19 heavy (non-hydrogen) atoms. The van der Waals surface area contributed by atoms with Crippen molar-refractivity contribution in [3.05, 3.63) is 35.4 Å². The van der Waals surface area contributed by atoms with Crippen molar-refractivity contribution in [1.82, 2.24) is 10.2 Å². The Morgan fingerprint density at radius 1 is 1.47 bits per heavy atom. The summed E-state index contributed by atoms with van der Waals surface area (Å²) < 4.78 is 26.2. The molecule has 0 spiro atoms. The van der Waals surface area contributed by atoms with Gasteiger partial charge in [0.05, 0.1) is 5.92 Å². The number of hydrogen-bond acceptors (Lipinski definition) is 2. The van der Waals surface area contributed by atoms with Gasteiger partial charge >= 0.3 is 0 Å². The number of nitrogens with zero attached hydrogens (tertiary/aromatic N) is 1. The number of rotatable bonds is 3. The van der Waals surface area contributed by atoms with Crippen molar-refractivity contribution in [1.29, 1.82) is 0 Å². The lowest BCUT2D eigenvalue weighted by Crippen LogP contribution is -2.33. The smallest absolute Gasteiger partial charge is 0.227 e. The number of benzene rings is 1. The fourth-order valence-electron chi connectivity index (χ4n) is 2.16. The Labute approximate surface area is 117 Å². The van der Waals surface area contributed by atoms with Crippen LogP contribution in [0.1, 0.15) is 12.0 Å². The lowest BCUT2D eigenvalue weighted by Gasteiger charge is -2.21. The van der Waals surface area contributed by atoms with Gasteiger partial charge in [-0.1, -0.05) is 6.07 Å².